The molecule has 1 saturated carbocycles. The lowest BCUT2D eigenvalue weighted by atomic mass is 9.92. The minimum atomic E-state index is 0.250. The van der Waals surface area contributed by atoms with Crippen molar-refractivity contribution >= 4 is 27.5 Å². The average molecular weight is 331 g/mol. The summed E-state index contributed by atoms with van der Waals surface area (Å²) in [6.07, 6.45) is 6.12. The fourth-order valence-corrected chi connectivity index (χ4v) is 3.73. The zero-order valence-corrected chi connectivity index (χ0v) is 13.2. The van der Waals surface area contributed by atoms with Crippen LogP contribution in [0.25, 0.3) is 0 Å². The fraction of sp³-hybridized carbons (Fsp3) is 0.600. The minimum absolute atomic E-state index is 0.250. The predicted molar refractivity (Wildman–Crippen MR) is 82.0 cm³/mol. The molecule has 1 nitrogen and oxygen atoms in total. The van der Waals surface area contributed by atoms with Gasteiger partial charge >= 0.3 is 0 Å². The van der Waals surface area contributed by atoms with Gasteiger partial charge < -0.3 is 5.73 Å². The Kier molecular flexibility index (Phi) is 5.11. The monoisotopic (exact) mass is 329 g/mol. The number of nitrogens with two attached hydrogens (primary N) is 1. The largest absolute Gasteiger partial charge is 0.327 e. The molecule has 3 unspecified atom stereocenters. The summed E-state index contributed by atoms with van der Waals surface area (Å²) in [4.78, 5) is 0. The van der Waals surface area contributed by atoms with E-state index in [-0.39, 0.29) is 6.04 Å². The second-order valence-corrected chi connectivity index (χ2v) is 6.77. The van der Waals surface area contributed by atoms with Gasteiger partial charge in [0.2, 0.25) is 0 Å². The Morgan fingerprint density at radius 1 is 1.44 bits per heavy atom. The first-order chi connectivity index (χ1) is 8.60. The molecular weight excluding hydrogens is 310 g/mol. The van der Waals surface area contributed by atoms with Crippen LogP contribution in [0.3, 0.4) is 0 Å². The molecule has 0 saturated heterocycles. The van der Waals surface area contributed by atoms with E-state index in [4.69, 9.17) is 17.3 Å². The summed E-state index contributed by atoms with van der Waals surface area (Å²) in [6.45, 7) is 2.28. The minimum Gasteiger partial charge on any atom is -0.327 e. The molecule has 0 spiro atoms. The maximum Gasteiger partial charge on any atom is 0.0449 e. The molecular formula is C15H21BrClN. The third-order valence-corrected chi connectivity index (χ3v) is 5.08. The Hall–Kier alpha value is -0.0500. The lowest BCUT2D eigenvalue weighted by Gasteiger charge is -2.20. The van der Waals surface area contributed by atoms with Crippen molar-refractivity contribution in [2.24, 2.45) is 17.6 Å². The normalized spacial score (nSPS) is 25.3. The SMILES string of the molecule is CCC1CCC(C(N)Cc2ccc(Br)cc2Cl)C1. The van der Waals surface area contributed by atoms with Gasteiger partial charge in [-0.05, 0) is 48.8 Å². The van der Waals surface area contributed by atoms with E-state index in [0.717, 1.165) is 21.8 Å². The lowest BCUT2D eigenvalue weighted by molar-refractivity contribution is 0.405. The van der Waals surface area contributed by atoms with E-state index >= 15 is 0 Å². The van der Waals surface area contributed by atoms with Crippen LogP contribution in [-0.4, -0.2) is 6.04 Å². The van der Waals surface area contributed by atoms with E-state index < -0.39 is 0 Å². The van der Waals surface area contributed by atoms with Crippen molar-refractivity contribution in [3.05, 3.63) is 33.3 Å². The molecule has 0 amide bonds. The van der Waals surface area contributed by atoms with Gasteiger partial charge in [0.15, 0.2) is 0 Å². The molecule has 0 aliphatic heterocycles. The third kappa shape index (κ3) is 3.49. The quantitative estimate of drug-likeness (QED) is 0.843. The van der Waals surface area contributed by atoms with E-state index in [1.807, 2.05) is 12.1 Å². The number of rotatable bonds is 4. The number of halogens is 2. The molecule has 0 radical (unpaired) electrons. The highest BCUT2D eigenvalue weighted by Crippen LogP contribution is 2.35. The predicted octanol–water partition coefficient (Wildman–Crippen LogP) is 4.80. The summed E-state index contributed by atoms with van der Waals surface area (Å²) in [7, 11) is 0. The molecule has 3 heteroatoms. The van der Waals surface area contributed by atoms with Crippen molar-refractivity contribution in [1.82, 2.24) is 0 Å². The highest BCUT2D eigenvalue weighted by Gasteiger charge is 2.28. The van der Waals surface area contributed by atoms with E-state index in [1.165, 1.54) is 31.2 Å². The van der Waals surface area contributed by atoms with Crippen LogP contribution in [0.5, 0.6) is 0 Å². The van der Waals surface area contributed by atoms with Crippen molar-refractivity contribution < 1.29 is 0 Å². The third-order valence-electron chi connectivity index (χ3n) is 4.24. The standard InChI is InChI=1S/C15H21BrClN/c1-2-10-3-4-12(7-10)15(18)8-11-5-6-13(16)9-14(11)17/h5-6,9-10,12,15H,2-4,7-8,18H2,1H3. The molecule has 0 bridgehead atoms. The van der Waals surface area contributed by atoms with Crippen LogP contribution in [-0.2, 0) is 6.42 Å². The average Bonchev–Trinajstić information content (AvgIpc) is 2.81. The molecule has 2 N–H and O–H groups in total. The van der Waals surface area contributed by atoms with Crippen molar-refractivity contribution in [1.29, 1.82) is 0 Å². The first-order valence-electron chi connectivity index (χ1n) is 6.79. The summed E-state index contributed by atoms with van der Waals surface area (Å²) >= 11 is 9.68. The molecule has 18 heavy (non-hydrogen) atoms. The fourth-order valence-electron chi connectivity index (χ4n) is 2.98. The molecule has 1 aromatic rings. The second kappa shape index (κ2) is 6.40. The lowest BCUT2D eigenvalue weighted by Crippen LogP contribution is -2.31. The van der Waals surface area contributed by atoms with Crippen LogP contribution in [0, 0.1) is 11.8 Å². The van der Waals surface area contributed by atoms with Crippen LogP contribution in [0.2, 0.25) is 5.02 Å². The maximum absolute atomic E-state index is 6.36. The molecule has 1 aromatic carbocycles. The zero-order chi connectivity index (χ0) is 13.1. The van der Waals surface area contributed by atoms with Gasteiger partial charge in [-0.1, -0.05) is 53.4 Å². The smallest absolute Gasteiger partial charge is 0.0449 e. The zero-order valence-electron chi connectivity index (χ0n) is 10.8. The molecule has 2 rings (SSSR count). The molecule has 0 heterocycles. The van der Waals surface area contributed by atoms with Gasteiger partial charge in [0.25, 0.3) is 0 Å². The van der Waals surface area contributed by atoms with E-state index in [0.29, 0.717) is 5.92 Å². The van der Waals surface area contributed by atoms with Crippen LogP contribution in [0.15, 0.2) is 22.7 Å². The van der Waals surface area contributed by atoms with Gasteiger partial charge in [0.1, 0.15) is 0 Å². The van der Waals surface area contributed by atoms with Gasteiger partial charge in [-0.15, -0.1) is 0 Å². The topological polar surface area (TPSA) is 26.0 Å². The molecule has 0 aromatic heterocycles. The molecule has 100 valence electrons. The summed E-state index contributed by atoms with van der Waals surface area (Å²) in [5, 5.41) is 0.824. The Morgan fingerprint density at radius 2 is 2.22 bits per heavy atom. The summed E-state index contributed by atoms with van der Waals surface area (Å²) in [6, 6.07) is 6.32. The van der Waals surface area contributed by atoms with E-state index in [2.05, 4.69) is 28.9 Å². The number of benzene rings is 1. The number of hydrogen-bond acceptors (Lipinski definition) is 1. The van der Waals surface area contributed by atoms with Crippen molar-refractivity contribution in [3.63, 3.8) is 0 Å². The number of hydrogen-bond donors (Lipinski definition) is 1. The summed E-state index contributed by atoms with van der Waals surface area (Å²) in [5.74, 6) is 1.57. The molecule has 1 aliphatic rings. The highest BCUT2D eigenvalue weighted by molar-refractivity contribution is 9.10. The summed E-state index contributed by atoms with van der Waals surface area (Å²) < 4.78 is 1.02. The first-order valence-corrected chi connectivity index (χ1v) is 7.96. The van der Waals surface area contributed by atoms with Gasteiger partial charge in [-0.2, -0.15) is 0 Å². The van der Waals surface area contributed by atoms with Gasteiger partial charge in [-0.3, -0.25) is 0 Å². The maximum atomic E-state index is 6.36. The van der Waals surface area contributed by atoms with E-state index in [1.54, 1.807) is 0 Å². The van der Waals surface area contributed by atoms with Crippen LogP contribution < -0.4 is 5.73 Å². The molecule has 3 atom stereocenters. The van der Waals surface area contributed by atoms with Gasteiger partial charge in [0.05, 0.1) is 0 Å². The van der Waals surface area contributed by atoms with Gasteiger partial charge in [-0.25, -0.2) is 0 Å². The highest BCUT2D eigenvalue weighted by atomic mass is 79.9. The molecule has 1 fully saturated rings. The molecule has 1 aliphatic carbocycles. The van der Waals surface area contributed by atoms with Crippen molar-refractivity contribution in [2.45, 2.75) is 45.1 Å². The Morgan fingerprint density at radius 3 is 2.83 bits per heavy atom. The van der Waals surface area contributed by atoms with Gasteiger partial charge in [0, 0.05) is 15.5 Å². The van der Waals surface area contributed by atoms with Crippen LogP contribution in [0.4, 0.5) is 0 Å². The Labute approximate surface area is 123 Å². The van der Waals surface area contributed by atoms with Crippen molar-refractivity contribution in [2.75, 3.05) is 0 Å². The van der Waals surface area contributed by atoms with Crippen molar-refractivity contribution in [3.8, 4) is 0 Å². The van der Waals surface area contributed by atoms with E-state index in [9.17, 15) is 0 Å². The Bertz CT molecular complexity index is 407. The Balaban J connectivity index is 1.97. The van der Waals surface area contributed by atoms with Crippen LogP contribution >= 0.6 is 27.5 Å². The van der Waals surface area contributed by atoms with Crippen LogP contribution in [0.1, 0.15) is 38.2 Å². The summed E-state index contributed by atoms with van der Waals surface area (Å²) in [5.41, 5.74) is 7.54. The first kappa shape index (κ1) is 14.4. The second-order valence-electron chi connectivity index (χ2n) is 5.45.